The van der Waals surface area contributed by atoms with Crippen molar-refractivity contribution in [2.75, 3.05) is 6.54 Å². The Morgan fingerprint density at radius 2 is 1.41 bits per heavy atom. The standard InChI is InChI=1S/C27H26F9NO2/c28-25(29,30)18-5-3-16(4-6-18)22-14-19(24(23(38)39)10-1-2-11-24)9-12-37(22)15-17-13-20(26(31,32)33)7-8-21(17)27(34,35)36/h3-8,13,19,22H,1-2,9-12,14-15H2,(H,38,39). The van der Waals surface area contributed by atoms with E-state index >= 15 is 0 Å². The number of piperidine rings is 1. The van der Waals surface area contributed by atoms with Crippen molar-refractivity contribution in [3.05, 3.63) is 70.3 Å². The van der Waals surface area contributed by atoms with Gasteiger partial charge < -0.3 is 5.11 Å². The largest absolute Gasteiger partial charge is 0.481 e. The molecule has 0 spiro atoms. The van der Waals surface area contributed by atoms with E-state index in [2.05, 4.69) is 0 Å². The van der Waals surface area contributed by atoms with E-state index in [4.69, 9.17) is 0 Å². The highest BCUT2D eigenvalue weighted by Crippen LogP contribution is 2.52. The van der Waals surface area contributed by atoms with E-state index in [1.165, 1.54) is 17.0 Å². The molecule has 214 valence electrons. The molecule has 0 radical (unpaired) electrons. The molecule has 1 saturated heterocycles. The first-order valence-electron chi connectivity index (χ1n) is 12.4. The van der Waals surface area contributed by atoms with Crippen LogP contribution in [-0.2, 0) is 29.9 Å². The van der Waals surface area contributed by atoms with Crippen molar-refractivity contribution in [3.8, 4) is 0 Å². The summed E-state index contributed by atoms with van der Waals surface area (Å²) in [5, 5.41) is 10.1. The van der Waals surface area contributed by atoms with Crippen LogP contribution in [0.3, 0.4) is 0 Å². The fraction of sp³-hybridized carbons (Fsp3) is 0.519. The lowest BCUT2D eigenvalue weighted by Gasteiger charge is -2.45. The average molecular weight is 567 g/mol. The number of carboxylic acid groups (broad SMARTS) is 1. The number of carbonyl (C=O) groups is 1. The van der Waals surface area contributed by atoms with Gasteiger partial charge in [0, 0.05) is 12.6 Å². The van der Waals surface area contributed by atoms with Crippen molar-refractivity contribution < 1.29 is 49.4 Å². The van der Waals surface area contributed by atoms with Crippen molar-refractivity contribution in [2.45, 2.75) is 69.6 Å². The summed E-state index contributed by atoms with van der Waals surface area (Å²) in [5.41, 5.74) is -4.75. The van der Waals surface area contributed by atoms with Gasteiger partial charge in [-0.25, -0.2) is 0 Å². The number of likely N-dealkylation sites (tertiary alicyclic amines) is 1. The van der Waals surface area contributed by atoms with Crippen LogP contribution in [0.25, 0.3) is 0 Å². The Labute approximate surface area is 218 Å². The van der Waals surface area contributed by atoms with Gasteiger partial charge in [-0.3, -0.25) is 9.69 Å². The summed E-state index contributed by atoms with van der Waals surface area (Å²) in [6, 6.07) is 4.48. The van der Waals surface area contributed by atoms with Crippen LogP contribution in [0.5, 0.6) is 0 Å². The van der Waals surface area contributed by atoms with Gasteiger partial charge in [0.25, 0.3) is 0 Å². The number of carboxylic acids is 1. The van der Waals surface area contributed by atoms with Crippen molar-refractivity contribution in [1.29, 1.82) is 0 Å². The minimum atomic E-state index is -4.93. The Morgan fingerprint density at radius 3 is 1.92 bits per heavy atom. The van der Waals surface area contributed by atoms with Crippen LogP contribution >= 0.6 is 0 Å². The molecule has 3 nitrogen and oxygen atoms in total. The predicted octanol–water partition coefficient (Wildman–Crippen LogP) is 8.34. The van der Waals surface area contributed by atoms with Crippen molar-refractivity contribution in [3.63, 3.8) is 0 Å². The molecule has 39 heavy (non-hydrogen) atoms. The van der Waals surface area contributed by atoms with Crippen LogP contribution < -0.4 is 0 Å². The van der Waals surface area contributed by atoms with Crippen LogP contribution in [-0.4, -0.2) is 22.5 Å². The first kappa shape index (κ1) is 29.2. The Balaban J connectivity index is 1.74. The molecule has 0 aromatic heterocycles. The maximum atomic E-state index is 13.7. The lowest BCUT2D eigenvalue weighted by Crippen LogP contribution is -2.45. The second-order valence-electron chi connectivity index (χ2n) is 10.4. The van der Waals surface area contributed by atoms with E-state index in [0.717, 1.165) is 12.1 Å². The van der Waals surface area contributed by atoms with E-state index in [-0.39, 0.29) is 19.4 Å². The van der Waals surface area contributed by atoms with Gasteiger partial charge in [0.05, 0.1) is 22.1 Å². The second kappa shape index (κ2) is 10.3. The fourth-order valence-corrected chi connectivity index (χ4v) is 6.15. The highest BCUT2D eigenvalue weighted by molar-refractivity contribution is 5.75. The number of hydrogen-bond acceptors (Lipinski definition) is 2. The molecule has 2 fully saturated rings. The summed E-state index contributed by atoms with van der Waals surface area (Å²) in [6.45, 7) is -0.476. The lowest BCUT2D eigenvalue weighted by atomic mass is 9.67. The third kappa shape index (κ3) is 6.05. The molecule has 0 amide bonds. The zero-order valence-corrected chi connectivity index (χ0v) is 20.6. The zero-order valence-electron chi connectivity index (χ0n) is 20.6. The summed E-state index contributed by atoms with van der Waals surface area (Å²) >= 11 is 0. The van der Waals surface area contributed by atoms with Gasteiger partial charge in [0.2, 0.25) is 0 Å². The Hall–Kier alpha value is -2.76. The van der Waals surface area contributed by atoms with Crippen LogP contribution in [0.1, 0.15) is 72.4 Å². The van der Waals surface area contributed by atoms with Crippen molar-refractivity contribution >= 4 is 5.97 Å². The van der Waals surface area contributed by atoms with Crippen molar-refractivity contribution in [1.82, 2.24) is 4.90 Å². The molecule has 1 saturated carbocycles. The van der Waals surface area contributed by atoms with E-state index < -0.39 is 70.7 Å². The quantitative estimate of drug-likeness (QED) is 0.370. The summed E-state index contributed by atoms with van der Waals surface area (Å²) in [5.74, 6) is -1.38. The fourth-order valence-electron chi connectivity index (χ4n) is 6.15. The molecule has 1 N–H and O–H groups in total. The van der Waals surface area contributed by atoms with Crippen LogP contribution in [0.2, 0.25) is 0 Å². The summed E-state index contributed by atoms with van der Waals surface area (Å²) in [4.78, 5) is 13.8. The highest BCUT2D eigenvalue weighted by Gasteiger charge is 2.50. The predicted molar refractivity (Wildman–Crippen MR) is 122 cm³/mol. The van der Waals surface area contributed by atoms with Crippen molar-refractivity contribution in [2.24, 2.45) is 11.3 Å². The molecule has 2 atom stereocenters. The van der Waals surface area contributed by atoms with E-state index in [1.807, 2.05) is 0 Å². The number of alkyl halides is 9. The summed E-state index contributed by atoms with van der Waals surface area (Å²) in [7, 11) is 0. The van der Waals surface area contributed by atoms with Gasteiger partial charge in [-0.15, -0.1) is 0 Å². The number of aliphatic carboxylic acids is 1. The number of halogens is 9. The molecule has 12 heteroatoms. The molecular formula is C27H26F9NO2. The number of nitrogens with zero attached hydrogens (tertiary/aromatic N) is 1. The number of rotatable bonds is 5. The molecule has 1 aliphatic heterocycles. The first-order valence-corrected chi connectivity index (χ1v) is 12.4. The maximum Gasteiger partial charge on any atom is 0.416 e. The molecule has 2 aliphatic rings. The third-order valence-corrected chi connectivity index (χ3v) is 8.15. The zero-order chi connectivity index (χ0) is 28.8. The van der Waals surface area contributed by atoms with E-state index in [1.54, 1.807) is 0 Å². The second-order valence-corrected chi connectivity index (χ2v) is 10.4. The number of benzene rings is 2. The SMILES string of the molecule is O=C(O)C1(C2CCN(Cc3cc(C(F)(F)F)ccc3C(F)(F)F)C(c3ccc(C(F)(F)F)cc3)C2)CCCC1. The molecule has 1 aliphatic carbocycles. The average Bonchev–Trinajstić information content (AvgIpc) is 3.34. The van der Waals surface area contributed by atoms with E-state index in [0.29, 0.717) is 49.4 Å². The van der Waals surface area contributed by atoms with E-state index in [9.17, 15) is 49.4 Å². The third-order valence-electron chi connectivity index (χ3n) is 8.15. The smallest absolute Gasteiger partial charge is 0.416 e. The first-order chi connectivity index (χ1) is 18.0. The highest BCUT2D eigenvalue weighted by atomic mass is 19.4. The molecule has 2 aromatic rings. The van der Waals surface area contributed by atoms with Gasteiger partial charge in [0.1, 0.15) is 0 Å². The maximum absolute atomic E-state index is 13.7. The molecule has 1 heterocycles. The Kier molecular flexibility index (Phi) is 7.74. The van der Waals surface area contributed by atoms with Gasteiger partial charge >= 0.3 is 24.5 Å². The molecule has 2 aromatic carbocycles. The molecule has 4 rings (SSSR count). The minimum Gasteiger partial charge on any atom is -0.481 e. The summed E-state index contributed by atoms with van der Waals surface area (Å²) < 4.78 is 121. The number of hydrogen-bond donors (Lipinski definition) is 1. The van der Waals surface area contributed by atoms with Gasteiger partial charge in [-0.05, 0) is 79.6 Å². The molecular weight excluding hydrogens is 541 g/mol. The van der Waals surface area contributed by atoms with Crippen LogP contribution in [0.4, 0.5) is 39.5 Å². The van der Waals surface area contributed by atoms with Crippen LogP contribution in [0.15, 0.2) is 42.5 Å². The van der Waals surface area contributed by atoms with Gasteiger partial charge in [0.15, 0.2) is 0 Å². The summed E-state index contributed by atoms with van der Waals surface area (Å²) in [6.07, 6.45) is -11.8. The molecule has 0 bridgehead atoms. The topological polar surface area (TPSA) is 40.5 Å². The van der Waals surface area contributed by atoms with Crippen LogP contribution in [0, 0.1) is 11.3 Å². The lowest BCUT2D eigenvalue weighted by molar-refractivity contribution is -0.154. The monoisotopic (exact) mass is 567 g/mol. The van der Waals surface area contributed by atoms with Gasteiger partial charge in [-0.2, -0.15) is 39.5 Å². The Bertz CT molecular complexity index is 1180. The normalized spacial score (nSPS) is 22.7. The van der Waals surface area contributed by atoms with Gasteiger partial charge in [-0.1, -0.05) is 25.0 Å². The minimum absolute atomic E-state index is 0.0684. The molecule has 2 unspecified atom stereocenters. The Morgan fingerprint density at radius 1 is 0.846 bits per heavy atom.